The number of carbonyl (C=O) groups excluding carboxylic acids is 1. The summed E-state index contributed by atoms with van der Waals surface area (Å²) in [7, 11) is -3.31. The summed E-state index contributed by atoms with van der Waals surface area (Å²) >= 11 is 0. The van der Waals surface area contributed by atoms with E-state index in [0.717, 1.165) is 44.8 Å². The summed E-state index contributed by atoms with van der Waals surface area (Å²) < 4.78 is 31.6. The van der Waals surface area contributed by atoms with Gasteiger partial charge < -0.3 is 10.1 Å². The quantitative estimate of drug-likeness (QED) is 0.742. The van der Waals surface area contributed by atoms with Gasteiger partial charge >= 0.3 is 0 Å². The molecule has 0 aliphatic carbocycles. The SMILES string of the molecule is O=C(NCc1ccccc1CN1CCOCC1)c1cccc(N2CCCCS2(=O)=O)c1. The largest absolute Gasteiger partial charge is 0.379 e. The summed E-state index contributed by atoms with van der Waals surface area (Å²) in [6, 6.07) is 15.0. The summed E-state index contributed by atoms with van der Waals surface area (Å²) in [6.45, 7) is 5.04. The fraction of sp³-hybridized carbons (Fsp3) is 0.435. The van der Waals surface area contributed by atoms with E-state index in [1.165, 1.54) is 9.87 Å². The number of nitrogens with zero attached hydrogens (tertiary/aromatic N) is 2. The Morgan fingerprint density at radius 2 is 1.74 bits per heavy atom. The molecule has 0 spiro atoms. The highest BCUT2D eigenvalue weighted by molar-refractivity contribution is 7.92. The van der Waals surface area contributed by atoms with Gasteiger partial charge in [0, 0.05) is 38.3 Å². The topological polar surface area (TPSA) is 79.0 Å². The number of nitrogens with one attached hydrogen (secondary N) is 1. The van der Waals surface area contributed by atoms with Crippen LogP contribution in [0, 0.1) is 0 Å². The predicted molar refractivity (Wildman–Crippen MR) is 121 cm³/mol. The average molecular weight is 444 g/mol. The molecular weight excluding hydrogens is 414 g/mol. The van der Waals surface area contributed by atoms with Crippen molar-refractivity contribution >= 4 is 21.6 Å². The minimum absolute atomic E-state index is 0.156. The highest BCUT2D eigenvalue weighted by Gasteiger charge is 2.26. The maximum absolute atomic E-state index is 12.8. The molecule has 2 aromatic rings. The van der Waals surface area contributed by atoms with E-state index >= 15 is 0 Å². The van der Waals surface area contributed by atoms with Crippen LogP contribution in [-0.4, -0.2) is 57.8 Å². The number of amides is 1. The Morgan fingerprint density at radius 1 is 0.968 bits per heavy atom. The fourth-order valence-corrected chi connectivity index (χ4v) is 5.67. The van der Waals surface area contributed by atoms with Crippen molar-refractivity contribution in [2.24, 2.45) is 0 Å². The molecule has 0 aromatic heterocycles. The molecule has 166 valence electrons. The van der Waals surface area contributed by atoms with Crippen LogP contribution in [0.15, 0.2) is 48.5 Å². The van der Waals surface area contributed by atoms with E-state index in [9.17, 15) is 13.2 Å². The molecule has 2 fully saturated rings. The van der Waals surface area contributed by atoms with E-state index in [-0.39, 0.29) is 11.7 Å². The van der Waals surface area contributed by atoms with Crippen LogP contribution >= 0.6 is 0 Å². The third-order valence-corrected chi connectivity index (χ3v) is 7.67. The number of hydrogen-bond acceptors (Lipinski definition) is 5. The number of sulfonamides is 1. The first-order chi connectivity index (χ1) is 15.0. The van der Waals surface area contributed by atoms with E-state index in [1.54, 1.807) is 24.3 Å². The van der Waals surface area contributed by atoms with Crippen molar-refractivity contribution in [2.75, 3.05) is 42.9 Å². The van der Waals surface area contributed by atoms with E-state index < -0.39 is 10.0 Å². The Bertz CT molecular complexity index is 1020. The number of benzene rings is 2. The number of ether oxygens (including phenoxy) is 1. The smallest absolute Gasteiger partial charge is 0.251 e. The molecule has 7 nitrogen and oxygen atoms in total. The van der Waals surface area contributed by atoms with Gasteiger partial charge in [-0.25, -0.2) is 8.42 Å². The lowest BCUT2D eigenvalue weighted by Crippen LogP contribution is -2.38. The van der Waals surface area contributed by atoms with E-state index in [2.05, 4.69) is 16.3 Å². The monoisotopic (exact) mass is 443 g/mol. The molecule has 2 heterocycles. The standard InChI is InChI=1S/C23H29N3O4S/c27-23(19-8-5-9-22(16-19)26-10-3-4-15-31(26,28)29)24-17-20-6-1-2-7-21(20)18-25-11-13-30-14-12-25/h1-2,5-9,16H,3-4,10-15,17-18H2,(H,24,27). The molecular formula is C23H29N3O4S. The van der Waals surface area contributed by atoms with Gasteiger partial charge in [-0.1, -0.05) is 30.3 Å². The second-order valence-corrected chi connectivity index (χ2v) is 10.00. The van der Waals surface area contributed by atoms with Crippen LogP contribution < -0.4 is 9.62 Å². The Morgan fingerprint density at radius 3 is 2.52 bits per heavy atom. The van der Waals surface area contributed by atoms with Crippen molar-refractivity contribution in [3.63, 3.8) is 0 Å². The molecule has 4 rings (SSSR count). The first-order valence-electron chi connectivity index (χ1n) is 10.8. The first kappa shape index (κ1) is 21.8. The zero-order valence-corrected chi connectivity index (χ0v) is 18.4. The number of anilines is 1. The molecule has 31 heavy (non-hydrogen) atoms. The average Bonchev–Trinajstić information content (AvgIpc) is 2.79. The Balaban J connectivity index is 1.43. The number of morpholine rings is 1. The van der Waals surface area contributed by atoms with Gasteiger partial charge in [0.05, 0.1) is 24.7 Å². The van der Waals surface area contributed by atoms with E-state index in [1.807, 2.05) is 18.2 Å². The molecule has 2 aliphatic rings. The lowest BCUT2D eigenvalue weighted by molar-refractivity contribution is 0.0340. The Hall–Kier alpha value is -2.42. The molecule has 1 amide bonds. The lowest BCUT2D eigenvalue weighted by Gasteiger charge is -2.28. The Labute approximate surface area is 184 Å². The zero-order chi connectivity index (χ0) is 21.7. The lowest BCUT2D eigenvalue weighted by atomic mass is 10.1. The second kappa shape index (κ2) is 9.80. The van der Waals surface area contributed by atoms with Crippen LogP contribution in [0.25, 0.3) is 0 Å². The van der Waals surface area contributed by atoms with Crippen LogP contribution in [0.2, 0.25) is 0 Å². The predicted octanol–water partition coefficient (Wildman–Crippen LogP) is 2.38. The minimum Gasteiger partial charge on any atom is -0.379 e. The minimum atomic E-state index is -3.31. The number of rotatable bonds is 6. The van der Waals surface area contributed by atoms with Gasteiger partial charge in [0.1, 0.15) is 0 Å². The van der Waals surface area contributed by atoms with Gasteiger partial charge in [-0.3, -0.25) is 14.0 Å². The van der Waals surface area contributed by atoms with Gasteiger partial charge in [0.15, 0.2) is 0 Å². The van der Waals surface area contributed by atoms with Crippen LogP contribution in [0.5, 0.6) is 0 Å². The van der Waals surface area contributed by atoms with Gasteiger partial charge in [-0.15, -0.1) is 0 Å². The van der Waals surface area contributed by atoms with Crippen LogP contribution in [-0.2, 0) is 27.8 Å². The van der Waals surface area contributed by atoms with E-state index in [4.69, 9.17) is 4.74 Å². The number of hydrogen-bond donors (Lipinski definition) is 1. The van der Waals surface area contributed by atoms with Crippen molar-refractivity contribution in [2.45, 2.75) is 25.9 Å². The third-order valence-electron chi connectivity index (χ3n) is 5.80. The molecule has 0 radical (unpaired) electrons. The van der Waals surface area contributed by atoms with Gasteiger partial charge in [-0.2, -0.15) is 0 Å². The Kier molecular flexibility index (Phi) is 6.89. The third kappa shape index (κ3) is 5.44. The van der Waals surface area contributed by atoms with Crippen molar-refractivity contribution in [1.29, 1.82) is 0 Å². The van der Waals surface area contributed by atoms with Crippen molar-refractivity contribution < 1.29 is 17.9 Å². The second-order valence-electron chi connectivity index (χ2n) is 7.99. The van der Waals surface area contributed by atoms with Crippen molar-refractivity contribution in [1.82, 2.24) is 10.2 Å². The van der Waals surface area contributed by atoms with Crippen molar-refractivity contribution in [3.05, 3.63) is 65.2 Å². The van der Waals surface area contributed by atoms with E-state index in [0.29, 0.717) is 30.8 Å². The molecule has 0 saturated carbocycles. The van der Waals surface area contributed by atoms with Gasteiger partial charge in [0.2, 0.25) is 10.0 Å². The molecule has 2 aliphatic heterocycles. The summed E-state index contributed by atoms with van der Waals surface area (Å²) in [5.41, 5.74) is 3.29. The highest BCUT2D eigenvalue weighted by Crippen LogP contribution is 2.24. The normalized spacial score (nSPS) is 19.2. The first-order valence-corrected chi connectivity index (χ1v) is 12.4. The summed E-state index contributed by atoms with van der Waals surface area (Å²) in [5, 5.41) is 2.99. The van der Waals surface area contributed by atoms with Crippen LogP contribution in [0.4, 0.5) is 5.69 Å². The molecule has 0 unspecified atom stereocenters. The van der Waals surface area contributed by atoms with Crippen LogP contribution in [0.3, 0.4) is 0 Å². The molecule has 1 N–H and O–H groups in total. The maximum atomic E-state index is 12.8. The number of carbonyl (C=O) groups is 1. The summed E-state index contributed by atoms with van der Waals surface area (Å²) in [5.74, 6) is -0.0546. The molecule has 0 atom stereocenters. The highest BCUT2D eigenvalue weighted by atomic mass is 32.2. The van der Waals surface area contributed by atoms with Gasteiger partial charge in [-0.05, 0) is 42.2 Å². The maximum Gasteiger partial charge on any atom is 0.251 e. The fourth-order valence-electron chi connectivity index (χ4n) is 4.04. The zero-order valence-electron chi connectivity index (χ0n) is 17.6. The van der Waals surface area contributed by atoms with Gasteiger partial charge in [0.25, 0.3) is 5.91 Å². The van der Waals surface area contributed by atoms with Crippen LogP contribution in [0.1, 0.15) is 34.3 Å². The molecule has 2 saturated heterocycles. The molecule has 0 bridgehead atoms. The summed E-state index contributed by atoms with van der Waals surface area (Å²) in [6.07, 6.45) is 1.51. The molecule has 8 heteroatoms. The molecule has 2 aromatic carbocycles. The summed E-state index contributed by atoms with van der Waals surface area (Å²) in [4.78, 5) is 15.2. The van der Waals surface area contributed by atoms with Crippen molar-refractivity contribution in [3.8, 4) is 0 Å².